The minimum atomic E-state index is -0.385. The van der Waals surface area contributed by atoms with E-state index < -0.39 is 0 Å². The van der Waals surface area contributed by atoms with E-state index in [2.05, 4.69) is 20.9 Å². The van der Waals surface area contributed by atoms with Gasteiger partial charge in [0.1, 0.15) is 17.3 Å². The second-order valence-corrected chi connectivity index (χ2v) is 5.27. The van der Waals surface area contributed by atoms with Crippen molar-refractivity contribution in [1.82, 2.24) is 9.66 Å². The van der Waals surface area contributed by atoms with Crippen LogP contribution in [0, 0.1) is 5.82 Å². The van der Waals surface area contributed by atoms with Crippen molar-refractivity contribution in [3.05, 3.63) is 34.3 Å². The van der Waals surface area contributed by atoms with Gasteiger partial charge in [-0.25, -0.2) is 14.1 Å². The van der Waals surface area contributed by atoms with E-state index in [0.29, 0.717) is 21.6 Å². The van der Waals surface area contributed by atoms with Crippen LogP contribution in [-0.2, 0) is 0 Å². The van der Waals surface area contributed by atoms with Crippen molar-refractivity contribution in [3.8, 4) is 11.3 Å². The normalized spacial score (nSPS) is 11.2. The Morgan fingerprint density at radius 2 is 2.06 bits per heavy atom. The monoisotopic (exact) mass is 312 g/mol. The van der Waals surface area contributed by atoms with Crippen molar-refractivity contribution < 1.29 is 4.39 Å². The third-order valence-electron chi connectivity index (χ3n) is 2.68. The summed E-state index contributed by atoms with van der Waals surface area (Å²) >= 11 is 3.21. The van der Waals surface area contributed by atoms with E-state index in [4.69, 9.17) is 11.6 Å². The topological polar surface area (TPSA) is 69.9 Å². The standard InChI is InChI=1S/C12H14BrFN4/c1-6(2)12-17-10(11(15)18(12)16)8-4-3-7(13)5-9(8)14/h3-6H,15-16H2,1-2H3. The minimum absolute atomic E-state index is 0.115. The van der Waals surface area contributed by atoms with Crippen LogP contribution in [0.5, 0.6) is 0 Å². The molecule has 0 saturated carbocycles. The van der Waals surface area contributed by atoms with Crippen LogP contribution in [0.2, 0.25) is 0 Å². The lowest BCUT2D eigenvalue weighted by Crippen LogP contribution is -2.16. The molecule has 4 N–H and O–H groups in total. The van der Waals surface area contributed by atoms with Gasteiger partial charge in [0.15, 0.2) is 5.82 Å². The summed E-state index contributed by atoms with van der Waals surface area (Å²) in [6.45, 7) is 3.90. The average molecular weight is 313 g/mol. The highest BCUT2D eigenvalue weighted by Gasteiger charge is 2.19. The van der Waals surface area contributed by atoms with E-state index in [9.17, 15) is 4.39 Å². The second-order valence-electron chi connectivity index (χ2n) is 4.35. The maximum Gasteiger partial charge on any atom is 0.150 e. The highest BCUT2D eigenvalue weighted by molar-refractivity contribution is 9.10. The lowest BCUT2D eigenvalue weighted by Gasteiger charge is -2.04. The Balaban J connectivity index is 2.61. The summed E-state index contributed by atoms with van der Waals surface area (Å²) in [5, 5.41) is 0. The summed E-state index contributed by atoms with van der Waals surface area (Å²) in [7, 11) is 0. The average Bonchev–Trinajstić information content (AvgIpc) is 2.57. The van der Waals surface area contributed by atoms with Crippen molar-refractivity contribution in [3.63, 3.8) is 0 Å². The summed E-state index contributed by atoms with van der Waals surface area (Å²) in [5.41, 5.74) is 6.61. The fourth-order valence-corrected chi connectivity index (χ4v) is 2.08. The molecule has 0 unspecified atom stereocenters. The predicted octanol–water partition coefficient (Wildman–Crippen LogP) is 2.87. The van der Waals surface area contributed by atoms with Crippen molar-refractivity contribution in [2.45, 2.75) is 19.8 Å². The fraction of sp³-hybridized carbons (Fsp3) is 0.250. The van der Waals surface area contributed by atoms with Crippen LogP contribution in [0.1, 0.15) is 25.6 Å². The molecule has 1 heterocycles. The summed E-state index contributed by atoms with van der Waals surface area (Å²) < 4.78 is 15.9. The first kappa shape index (κ1) is 12.9. The van der Waals surface area contributed by atoms with Crippen LogP contribution in [0.3, 0.4) is 0 Å². The molecule has 2 aromatic rings. The zero-order chi connectivity index (χ0) is 13.4. The lowest BCUT2D eigenvalue weighted by atomic mass is 10.1. The van der Waals surface area contributed by atoms with E-state index in [1.54, 1.807) is 12.1 Å². The number of hydrogen-bond donors (Lipinski definition) is 2. The lowest BCUT2D eigenvalue weighted by molar-refractivity contribution is 0.630. The molecule has 0 radical (unpaired) electrons. The van der Waals surface area contributed by atoms with Gasteiger partial charge >= 0.3 is 0 Å². The quantitative estimate of drug-likeness (QED) is 0.838. The first-order valence-electron chi connectivity index (χ1n) is 5.50. The molecule has 2 rings (SSSR count). The number of imidazole rings is 1. The zero-order valence-electron chi connectivity index (χ0n) is 10.1. The van der Waals surface area contributed by atoms with Gasteiger partial charge in [-0.3, -0.25) is 0 Å². The first-order valence-corrected chi connectivity index (χ1v) is 6.29. The van der Waals surface area contributed by atoms with Crippen LogP contribution in [0.15, 0.2) is 22.7 Å². The largest absolute Gasteiger partial charge is 0.382 e. The summed E-state index contributed by atoms with van der Waals surface area (Å²) in [5.74, 6) is 6.44. The Labute approximate surface area is 113 Å². The Bertz CT molecular complexity index is 592. The van der Waals surface area contributed by atoms with Crippen molar-refractivity contribution >= 4 is 21.7 Å². The van der Waals surface area contributed by atoms with Gasteiger partial charge in [0.05, 0.1) is 0 Å². The molecule has 0 aliphatic carbocycles. The summed E-state index contributed by atoms with van der Waals surface area (Å²) in [6, 6.07) is 4.74. The Kier molecular flexibility index (Phi) is 3.30. The molecule has 0 spiro atoms. The van der Waals surface area contributed by atoms with Gasteiger partial charge in [-0.15, -0.1) is 0 Å². The third kappa shape index (κ3) is 2.08. The number of nitrogens with two attached hydrogens (primary N) is 2. The number of benzene rings is 1. The van der Waals surface area contributed by atoms with Crippen molar-refractivity contribution in [2.75, 3.05) is 11.6 Å². The number of hydrogen-bond acceptors (Lipinski definition) is 3. The molecule has 18 heavy (non-hydrogen) atoms. The van der Waals surface area contributed by atoms with E-state index in [1.807, 2.05) is 13.8 Å². The number of anilines is 1. The molecular formula is C12H14BrFN4. The molecule has 0 saturated heterocycles. The fourth-order valence-electron chi connectivity index (χ4n) is 1.75. The molecule has 0 aliphatic heterocycles. The van der Waals surface area contributed by atoms with Crippen LogP contribution < -0.4 is 11.6 Å². The third-order valence-corrected chi connectivity index (χ3v) is 3.17. The summed E-state index contributed by atoms with van der Waals surface area (Å²) in [4.78, 5) is 4.33. The van der Waals surface area contributed by atoms with E-state index in [0.717, 1.165) is 0 Å². The van der Waals surface area contributed by atoms with Gasteiger partial charge in [-0.05, 0) is 18.2 Å². The molecule has 0 fully saturated rings. The molecule has 0 bridgehead atoms. The number of halogens is 2. The number of aromatic nitrogens is 2. The molecule has 0 amide bonds. The van der Waals surface area contributed by atoms with Gasteiger partial charge in [-0.2, -0.15) is 0 Å². The highest BCUT2D eigenvalue weighted by atomic mass is 79.9. The molecule has 1 aromatic heterocycles. The van der Waals surface area contributed by atoms with Gasteiger partial charge < -0.3 is 11.6 Å². The Morgan fingerprint density at radius 1 is 1.39 bits per heavy atom. The molecule has 0 atom stereocenters. The van der Waals surface area contributed by atoms with Crippen LogP contribution >= 0.6 is 15.9 Å². The smallest absolute Gasteiger partial charge is 0.150 e. The first-order chi connectivity index (χ1) is 8.41. The number of rotatable bonds is 2. The highest BCUT2D eigenvalue weighted by Crippen LogP contribution is 2.30. The Morgan fingerprint density at radius 3 is 2.56 bits per heavy atom. The van der Waals surface area contributed by atoms with Gasteiger partial charge in [0.25, 0.3) is 0 Å². The maximum atomic E-state index is 13.9. The molecule has 6 heteroatoms. The van der Waals surface area contributed by atoms with E-state index >= 15 is 0 Å². The van der Waals surface area contributed by atoms with Crippen molar-refractivity contribution in [2.24, 2.45) is 0 Å². The van der Waals surface area contributed by atoms with Crippen LogP contribution in [0.4, 0.5) is 10.2 Å². The second kappa shape index (κ2) is 4.61. The molecule has 4 nitrogen and oxygen atoms in total. The van der Waals surface area contributed by atoms with E-state index in [1.165, 1.54) is 10.7 Å². The SMILES string of the molecule is CC(C)c1nc(-c2ccc(Br)cc2F)c(N)n1N. The zero-order valence-corrected chi connectivity index (χ0v) is 11.7. The van der Waals surface area contributed by atoms with Crippen LogP contribution in [-0.4, -0.2) is 9.66 Å². The van der Waals surface area contributed by atoms with E-state index in [-0.39, 0.29) is 17.6 Å². The van der Waals surface area contributed by atoms with Gasteiger partial charge in [0.2, 0.25) is 0 Å². The molecule has 96 valence electrons. The van der Waals surface area contributed by atoms with Gasteiger partial charge in [-0.1, -0.05) is 29.8 Å². The summed E-state index contributed by atoms with van der Waals surface area (Å²) in [6.07, 6.45) is 0. The maximum absolute atomic E-state index is 13.9. The molecule has 0 aliphatic rings. The number of nitrogen functional groups attached to an aromatic ring is 2. The Hall–Kier alpha value is -1.56. The van der Waals surface area contributed by atoms with Gasteiger partial charge in [0, 0.05) is 16.0 Å². The molecular weight excluding hydrogens is 299 g/mol. The molecule has 1 aromatic carbocycles. The number of nitrogens with zero attached hydrogens (tertiary/aromatic N) is 2. The van der Waals surface area contributed by atoms with Crippen molar-refractivity contribution in [1.29, 1.82) is 0 Å². The minimum Gasteiger partial charge on any atom is -0.382 e. The predicted molar refractivity (Wildman–Crippen MR) is 74.0 cm³/mol. The van der Waals surface area contributed by atoms with Crippen LogP contribution in [0.25, 0.3) is 11.3 Å².